The Morgan fingerprint density at radius 2 is 2.20 bits per heavy atom. The fourth-order valence-electron chi connectivity index (χ4n) is 6.01. The third-order valence-electron chi connectivity index (χ3n) is 7.02. The number of phenolic OH excluding ortho intramolecular Hbond substituents is 1. The zero-order valence-corrected chi connectivity index (χ0v) is 18.4. The summed E-state index contributed by atoms with van der Waals surface area (Å²) in [4.78, 5) is 11.7. The van der Waals surface area contributed by atoms with Crippen LogP contribution in [0.5, 0.6) is 11.5 Å². The first-order valence-electron chi connectivity index (χ1n) is 10.3. The molecule has 1 spiro atoms. The Morgan fingerprint density at radius 3 is 2.93 bits per heavy atom. The van der Waals surface area contributed by atoms with E-state index in [0.29, 0.717) is 37.3 Å². The van der Waals surface area contributed by atoms with Crippen LogP contribution in [-0.4, -0.2) is 60.1 Å². The smallest absolute Gasteiger partial charge is 0.303 e. The molecule has 1 aromatic rings. The molecule has 0 aromatic heterocycles. The zero-order valence-electron chi connectivity index (χ0n) is 16.7. The van der Waals surface area contributed by atoms with Crippen molar-refractivity contribution in [3.63, 3.8) is 0 Å². The lowest BCUT2D eigenvalue weighted by molar-refractivity contribution is -0.151. The van der Waals surface area contributed by atoms with Gasteiger partial charge in [0.1, 0.15) is 6.10 Å². The molecule has 0 amide bonds. The normalized spacial score (nSPS) is 33.7. The Kier molecular flexibility index (Phi) is 4.65. The Bertz CT molecular complexity index is 1040. The number of hydrogen-bond acceptors (Lipinski definition) is 7. The highest BCUT2D eigenvalue weighted by atomic mass is 32.2. The highest BCUT2D eigenvalue weighted by molar-refractivity contribution is 7.89. The van der Waals surface area contributed by atoms with Crippen LogP contribution in [0.2, 0.25) is 0 Å². The van der Waals surface area contributed by atoms with Crippen LogP contribution in [0.4, 0.5) is 0 Å². The predicted molar refractivity (Wildman–Crippen MR) is 113 cm³/mol. The number of nitrogens with zero attached hydrogens (tertiary/aromatic N) is 1. The van der Waals surface area contributed by atoms with Gasteiger partial charge in [-0.1, -0.05) is 12.1 Å². The molecular formula is C21H25NO6S2. The molecular weight excluding hydrogens is 426 g/mol. The SMILES string of the molecule is CC(=O)OC1C=CC2C3Cc4ccc(O)c5c4C2(CCN3S(=O)(=O)CCCS)C1O5. The molecule has 2 aliphatic carbocycles. The summed E-state index contributed by atoms with van der Waals surface area (Å²) in [5.74, 6) is 0.622. The Balaban J connectivity index is 1.64. The van der Waals surface area contributed by atoms with E-state index in [1.807, 2.05) is 18.2 Å². The van der Waals surface area contributed by atoms with Crippen molar-refractivity contribution in [2.75, 3.05) is 18.1 Å². The monoisotopic (exact) mass is 451 g/mol. The van der Waals surface area contributed by atoms with Crippen molar-refractivity contribution in [2.24, 2.45) is 5.92 Å². The van der Waals surface area contributed by atoms with Crippen molar-refractivity contribution in [3.05, 3.63) is 35.4 Å². The summed E-state index contributed by atoms with van der Waals surface area (Å²) in [6, 6.07) is 3.24. The lowest BCUT2D eigenvalue weighted by atomic mass is 9.53. The van der Waals surface area contributed by atoms with Crippen LogP contribution in [0.15, 0.2) is 24.3 Å². The minimum absolute atomic E-state index is 0.0696. The minimum atomic E-state index is -3.42. The van der Waals surface area contributed by atoms with Crippen LogP contribution < -0.4 is 4.74 Å². The molecule has 2 bridgehead atoms. The average molecular weight is 452 g/mol. The number of ether oxygens (including phenoxy) is 2. The van der Waals surface area contributed by atoms with E-state index in [-0.39, 0.29) is 23.5 Å². The number of piperidine rings is 1. The Labute approximate surface area is 181 Å². The van der Waals surface area contributed by atoms with E-state index >= 15 is 0 Å². The molecule has 0 saturated carbocycles. The molecule has 7 nitrogen and oxygen atoms in total. The molecule has 1 saturated heterocycles. The van der Waals surface area contributed by atoms with Crippen LogP contribution in [0.3, 0.4) is 0 Å². The zero-order chi connectivity index (χ0) is 21.3. The van der Waals surface area contributed by atoms with E-state index in [1.54, 1.807) is 10.4 Å². The van der Waals surface area contributed by atoms with Crippen LogP contribution in [0, 0.1) is 5.92 Å². The van der Waals surface area contributed by atoms with E-state index < -0.39 is 33.6 Å². The van der Waals surface area contributed by atoms with Crippen LogP contribution in [0.1, 0.15) is 30.9 Å². The second-order valence-electron chi connectivity index (χ2n) is 8.54. The van der Waals surface area contributed by atoms with Gasteiger partial charge in [-0.25, -0.2) is 8.42 Å². The number of benzene rings is 1. The summed E-state index contributed by atoms with van der Waals surface area (Å²) in [6.45, 7) is 1.74. The van der Waals surface area contributed by atoms with E-state index in [9.17, 15) is 18.3 Å². The molecule has 0 radical (unpaired) electrons. The lowest BCUT2D eigenvalue weighted by Gasteiger charge is -2.56. The largest absolute Gasteiger partial charge is 0.504 e. The molecule has 1 fully saturated rings. The van der Waals surface area contributed by atoms with Gasteiger partial charge in [-0.05, 0) is 42.7 Å². The average Bonchev–Trinajstić information content (AvgIpc) is 3.04. The number of aromatic hydroxyl groups is 1. The number of hydrogen-bond donors (Lipinski definition) is 2. The van der Waals surface area contributed by atoms with Crippen molar-refractivity contribution >= 4 is 28.6 Å². The summed E-state index contributed by atoms with van der Waals surface area (Å²) >= 11 is 4.17. The molecule has 4 aliphatic rings. The fraction of sp³-hybridized carbons (Fsp3) is 0.571. The van der Waals surface area contributed by atoms with Gasteiger partial charge in [0, 0.05) is 36.4 Å². The summed E-state index contributed by atoms with van der Waals surface area (Å²) in [6.07, 6.45) is 4.38. The van der Waals surface area contributed by atoms with Gasteiger partial charge >= 0.3 is 5.97 Å². The molecule has 30 heavy (non-hydrogen) atoms. The Hall–Kier alpha value is -1.71. The number of carbonyl (C=O) groups excluding carboxylic acids is 1. The quantitative estimate of drug-likeness (QED) is 0.403. The molecule has 2 aliphatic heterocycles. The third kappa shape index (κ3) is 2.67. The van der Waals surface area contributed by atoms with Gasteiger partial charge in [0.25, 0.3) is 0 Å². The molecule has 5 rings (SSSR count). The van der Waals surface area contributed by atoms with Gasteiger partial charge in [-0.2, -0.15) is 16.9 Å². The maximum Gasteiger partial charge on any atom is 0.303 e. The number of phenols is 1. The standard InChI is InChI=1S/C21H25NO6S2/c1-12(23)27-17-6-4-14-15-11-13-3-5-16(24)19-18(13)21(14,20(17)28-19)7-8-22(15)30(25,26)10-2-9-29/h3-6,14-15,17,20,24,29H,2,7-11H2,1H3. The van der Waals surface area contributed by atoms with E-state index in [0.717, 1.165) is 11.1 Å². The molecule has 1 N–H and O–H groups in total. The topological polar surface area (TPSA) is 93.1 Å². The van der Waals surface area contributed by atoms with Crippen molar-refractivity contribution < 1.29 is 27.8 Å². The number of esters is 1. The van der Waals surface area contributed by atoms with Crippen molar-refractivity contribution in [2.45, 2.75) is 49.9 Å². The third-order valence-corrected chi connectivity index (χ3v) is 9.31. The second kappa shape index (κ2) is 6.90. The number of carbonyl (C=O) groups is 1. The van der Waals surface area contributed by atoms with Crippen LogP contribution >= 0.6 is 12.6 Å². The second-order valence-corrected chi connectivity index (χ2v) is 11.0. The van der Waals surface area contributed by atoms with Crippen LogP contribution in [0.25, 0.3) is 0 Å². The number of thiol groups is 1. The van der Waals surface area contributed by atoms with Gasteiger partial charge in [0.15, 0.2) is 17.6 Å². The highest BCUT2D eigenvalue weighted by Crippen LogP contribution is 2.63. The molecule has 9 heteroatoms. The molecule has 2 heterocycles. The van der Waals surface area contributed by atoms with Gasteiger partial charge in [0.2, 0.25) is 10.0 Å². The van der Waals surface area contributed by atoms with E-state index in [4.69, 9.17) is 9.47 Å². The molecule has 1 aromatic carbocycles. The minimum Gasteiger partial charge on any atom is -0.504 e. The van der Waals surface area contributed by atoms with Gasteiger partial charge in [-0.15, -0.1) is 0 Å². The lowest BCUT2D eigenvalue weighted by Crippen LogP contribution is -2.66. The molecule has 5 atom stereocenters. The summed E-state index contributed by atoms with van der Waals surface area (Å²) in [7, 11) is -3.42. The Morgan fingerprint density at radius 1 is 1.40 bits per heavy atom. The number of rotatable bonds is 5. The number of sulfonamides is 1. The van der Waals surface area contributed by atoms with E-state index in [2.05, 4.69) is 12.6 Å². The van der Waals surface area contributed by atoms with Gasteiger partial charge < -0.3 is 14.6 Å². The van der Waals surface area contributed by atoms with Crippen molar-refractivity contribution in [1.82, 2.24) is 4.31 Å². The van der Waals surface area contributed by atoms with Crippen LogP contribution in [-0.2, 0) is 31.4 Å². The first-order valence-corrected chi connectivity index (χ1v) is 12.5. The van der Waals surface area contributed by atoms with Crippen molar-refractivity contribution in [3.8, 4) is 11.5 Å². The first-order chi connectivity index (χ1) is 14.3. The summed E-state index contributed by atoms with van der Waals surface area (Å²) < 4.78 is 39.7. The molecule has 162 valence electrons. The molecule has 5 unspecified atom stereocenters. The summed E-state index contributed by atoms with van der Waals surface area (Å²) in [5, 5.41) is 10.5. The van der Waals surface area contributed by atoms with Crippen molar-refractivity contribution in [1.29, 1.82) is 0 Å². The predicted octanol–water partition coefficient (Wildman–Crippen LogP) is 1.79. The first kappa shape index (κ1) is 20.2. The van der Waals surface area contributed by atoms with Gasteiger partial charge in [0.05, 0.1) is 5.75 Å². The fourth-order valence-corrected chi connectivity index (χ4v) is 8.11. The van der Waals surface area contributed by atoms with Gasteiger partial charge in [-0.3, -0.25) is 4.79 Å². The van der Waals surface area contributed by atoms with E-state index in [1.165, 1.54) is 6.92 Å². The highest BCUT2D eigenvalue weighted by Gasteiger charge is 2.66. The maximum atomic E-state index is 13.1. The maximum absolute atomic E-state index is 13.1. The summed E-state index contributed by atoms with van der Waals surface area (Å²) in [5.41, 5.74) is 1.44.